The summed E-state index contributed by atoms with van der Waals surface area (Å²) in [5.41, 5.74) is 6.28. The summed E-state index contributed by atoms with van der Waals surface area (Å²) in [5.74, 6) is 1.05. The van der Waals surface area contributed by atoms with Crippen LogP contribution in [-0.2, 0) is 4.79 Å². The molecule has 0 spiro atoms. The van der Waals surface area contributed by atoms with Gasteiger partial charge in [-0.2, -0.15) is 0 Å². The minimum absolute atomic E-state index is 0.0337. The van der Waals surface area contributed by atoms with E-state index in [1.165, 1.54) is 4.90 Å². The lowest BCUT2D eigenvalue weighted by Gasteiger charge is -2.11. The van der Waals surface area contributed by atoms with E-state index in [4.69, 9.17) is 5.73 Å². The Kier molecular flexibility index (Phi) is 6.08. The second-order valence-electron chi connectivity index (χ2n) is 3.93. The van der Waals surface area contributed by atoms with Crippen LogP contribution in [0.5, 0.6) is 0 Å². The molecule has 1 aromatic rings. The van der Waals surface area contributed by atoms with E-state index in [1.54, 1.807) is 11.8 Å². The molecule has 1 unspecified atom stereocenters. The van der Waals surface area contributed by atoms with E-state index >= 15 is 0 Å². The van der Waals surface area contributed by atoms with E-state index in [0.29, 0.717) is 6.54 Å². The first-order chi connectivity index (χ1) is 8.17. The number of hydrogen-bond acceptors (Lipinski definition) is 3. The number of anilines is 1. The van der Waals surface area contributed by atoms with Gasteiger partial charge in [0.15, 0.2) is 0 Å². The first kappa shape index (κ1) is 14.1. The molecule has 0 aliphatic rings. The van der Waals surface area contributed by atoms with Gasteiger partial charge in [-0.1, -0.05) is 13.8 Å². The molecular weight excluding hydrogens is 232 g/mol. The number of amides is 1. The Balaban J connectivity index is 2.53. The molecular formula is C13H20N2OS. The Morgan fingerprint density at radius 1 is 1.41 bits per heavy atom. The van der Waals surface area contributed by atoms with E-state index < -0.39 is 0 Å². The van der Waals surface area contributed by atoms with Crippen molar-refractivity contribution in [2.45, 2.75) is 25.2 Å². The predicted molar refractivity (Wildman–Crippen MR) is 74.3 cm³/mol. The lowest BCUT2D eigenvalue weighted by atomic mass is 10.1. The number of hydrogen-bond donors (Lipinski definition) is 2. The molecule has 0 heterocycles. The van der Waals surface area contributed by atoms with Crippen LogP contribution in [0.2, 0.25) is 0 Å². The van der Waals surface area contributed by atoms with Gasteiger partial charge in [-0.15, -0.1) is 11.8 Å². The Morgan fingerprint density at radius 2 is 2.06 bits per heavy atom. The third kappa shape index (κ3) is 4.79. The van der Waals surface area contributed by atoms with E-state index in [2.05, 4.69) is 12.2 Å². The molecule has 1 aromatic carbocycles. The topological polar surface area (TPSA) is 55.1 Å². The zero-order chi connectivity index (χ0) is 12.7. The molecule has 0 fully saturated rings. The lowest BCUT2D eigenvalue weighted by Crippen LogP contribution is -2.22. The molecule has 3 N–H and O–H groups in total. The van der Waals surface area contributed by atoms with Gasteiger partial charge >= 0.3 is 0 Å². The predicted octanol–water partition coefficient (Wildman–Crippen LogP) is 2.72. The summed E-state index contributed by atoms with van der Waals surface area (Å²) in [4.78, 5) is 13.0. The number of benzene rings is 1. The summed E-state index contributed by atoms with van der Waals surface area (Å²) < 4.78 is 0. The van der Waals surface area contributed by atoms with Crippen molar-refractivity contribution >= 4 is 23.4 Å². The van der Waals surface area contributed by atoms with E-state index in [9.17, 15) is 4.79 Å². The molecule has 94 valence electrons. The van der Waals surface area contributed by atoms with Gasteiger partial charge in [-0.05, 0) is 43.0 Å². The van der Waals surface area contributed by atoms with Gasteiger partial charge in [0.1, 0.15) is 0 Å². The summed E-state index contributed by atoms with van der Waals surface area (Å²) >= 11 is 1.79. The highest BCUT2D eigenvalue weighted by Gasteiger charge is 2.11. The minimum atomic E-state index is -0.0373. The van der Waals surface area contributed by atoms with Gasteiger partial charge in [0.25, 0.3) is 0 Å². The van der Waals surface area contributed by atoms with Crippen molar-refractivity contribution in [1.82, 2.24) is 0 Å². The Labute approximate surface area is 107 Å². The maximum Gasteiger partial charge on any atom is 0.227 e. The van der Waals surface area contributed by atoms with Crippen molar-refractivity contribution in [3.63, 3.8) is 0 Å². The molecule has 17 heavy (non-hydrogen) atoms. The summed E-state index contributed by atoms with van der Waals surface area (Å²) in [5, 5.41) is 2.89. The number of carbonyl (C=O) groups excluding carboxylic acids is 1. The molecule has 1 rings (SSSR count). The highest BCUT2D eigenvalue weighted by molar-refractivity contribution is 7.99. The SMILES string of the molecule is CCSc1ccc(NC(=O)C(C)CCN)cc1. The Bertz CT molecular complexity index is 351. The summed E-state index contributed by atoms with van der Waals surface area (Å²) in [6.45, 7) is 4.55. The van der Waals surface area contributed by atoms with Gasteiger partial charge in [-0.3, -0.25) is 4.79 Å². The molecule has 1 amide bonds. The van der Waals surface area contributed by atoms with Crippen LogP contribution in [0.3, 0.4) is 0 Å². The number of thioether (sulfide) groups is 1. The van der Waals surface area contributed by atoms with E-state index in [1.807, 2.05) is 31.2 Å². The zero-order valence-electron chi connectivity index (χ0n) is 10.4. The average Bonchev–Trinajstić information content (AvgIpc) is 2.32. The molecule has 0 saturated carbocycles. The largest absolute Gasteiger partial charge is 0.330 e. The van der Waals surface area contributed by atoms with Crippen molar-refractivity contribution in [3.05, 3.63) is 24.3 Å². The van der Waals surface area contributed by atoms with Gasteiger partial charge in [0, 0.05) is 16.5 Å². The van der Waals surface area contributed by atoms with Crippen LogP contribution >= 0.6 is 11.8 Å². The van der Waals surface area contributed by atoms with Crippen molar-refractivity contribution in [1.29, 1.82) is 0 Å². The van der Waals surface area contributed by atoms with Crippen LogP contribution < -0.4 is 11.1 Å². The lowest BCUT2D eigenvalue weighted by molar-refractivity contribution is -0.119. The number of carbonyl (C=O) groups is 1. The number of rotatable bonds is 6. The van der Waals surface area contributed by atoms with E-state index in [0.717, 1.165) is 17.9 Å². The van der Waals surface area contributed by atoms with Crippen molar-refractivity contribution in [2.75, 3.05) is 17.6 Å². The Hall–Kier alpha value is -1.00. The smallest absolute Gasteiger partial charge is 0.227 e. The third-order valence-electron chi connectivity index (χ3n) is 2.48. The van der Waals surface area contributed by atoms with Crippen LogP contribution in [0, 0.1) is 5.92 Å². The fraction of sp³-hybridized carbons (Fsp3) is 0.462. The Morgan fingerprint density at radius 3 is 2.59 bits per heavy atom. The minimum Gasteiger partial charge on any atom is -0.330 e. The molecule has 0 aliphatic heterocycles. The van der Waals surface area contributed by atoms with Crippen molar-refractivity contribution in [3.8, 4) is 0 Å². The standard InChI is InChI=1S/C13H20N2OS/c1-3-17-12-6-4-11(5-7-12)15-13(16)10(2)8-9-14/h4-7,10H,3,8-9,14H2,1-2H3,(H,15,16). The van der Waals surface area contributed by atoms with E-state index in [-0.39, 0.29) is 11.8 Å². The number of nitrogens with two attached hydrogens (primary N) is 1. The fourth-order valence-electron chi connectivity index (χ4n) is 1.45. The summed E-state index contributed by atoms with van der Waals surface area (Å²) in [7, 11) is 0. The number of nitrogens with one attached hydrogen (secondary N) is 1. The fourth-order valence-corrected chi connectivity index (χ4v) is 2.11. The van der Waals surface area contributed by atoms with Crippen LogP contribution in [0.1, 0.15) is 20.3 Å². The van der Waals surface area contributed by atoms with Crippen molar-refractivity contribution in [2.24, 2.45) is 11.7 Å². The van der Waals surface area contributed by atoms with Crippen LogP contribution in [0.25, 0.3) is 0 Å². The third-order valence-corrected chi connectivity index (χ3v) is 3.37. The van der Waals surface area contributed by atoms with Crippen LogP contribution in [0.4, 0.5) is 5.69 Å². The monoisotopic (exact) mass is 252 g/mol. The maximum atomic E-state index is 11.7. The molecule has 3 nitrogen and oxygen atoms in total. The highest BCUT2D eigenvalue weighted by atomic mass is 32.2. The normalized spacial score (nSPS) is 12.2. The van der Waals surface area contributed by atoms with Gasteiger partial charge < -0.3 is 11.1 Å². The molecule has 0 radical (unpaired) electrons. The highest BCUT2D eigenvalue weighted by Crippen LogP contribution is 2.20. The van der Waals surface area contributed by atoms with Crippen LogP contribution in [-0.4, -0.2) is 18.2 Å². The average molecular weight is 252 g/mol. The van der Waals surface area contributed by atoms with Crippen LogP contribution in [0.15, 0.2) is 29.2 Å². The molecule has 1 atom stereocenters. The van der Waals surface area contributed by atoms with Crippen molar-refractivity contribution < 1.29 is 4.79 Å². The maximum absolute atomic E-state index is 11.7. The first-order valence-corrected chi connectivity index (χ1v) is 6.89. The zero-order valence-corrected chi connectivity index (χ0v) is 11.2. The second kappa shape index (κ2) is 7.35. The molecule has 0 bridgehead atoms. The van der Waals surface area contributed by atoms with Gasteiger partial charge in [-0.25, -0.2) is 0 Å². The molecule has 0 saturated heterocycles. The van der Waals surface area contributed by atoms with Gasteiger partial charge in [0.2, 0.25) is 5.91 Å². The summed E-state index contributed by atoms with van der Waals surface area (Å²) in [6.07, 6.45) is 0.718. The molecule has 0 aromatic heterocycles. The first-order valence-electron chi connectivity index (χ1n) is 5.91. The quantitative estimate of drug-likeness (QED) is 0.765. The summed E-state index contributed by atoms with van der Waals surface area (Å²) in [6, 6.07) is 7.92. The van der Waals surface area contributed by atoms with Gasteiger partial charge in [0.05, 0.1) is 0 Å². The second-order valence-corrected chi connectivity index (χ2v) is 5.26. The molecule has 4 heteroatoms. The molecule has 0 aliphatic carbocycles.